The van der Waals surface area contributed by atoms with E-state index in [2.05, 4.69) is 55.1 Å². The quantitative estimate of drug-likeness (QED) is 0.214. The molecule has 1 atom stereocenters. The van der Waals surface area contributed by atoms with Gasteiger partial charge in [-0.05, 0) is 55.3 Å². The van der Waals surface area contributed by atoms with Crippen molar-refractivity contribution in [2.24, 2.45) is 0 Å². The van der Waals surface area contributed by atoms with E-state index in [1.54, 1.807) is 23.7 Å². The number of anilines is 2. The monoisotopic (exact) mass is 648 g/mol. The zero-order valence-electron chi connectivity index (χ0n) is 24.3. The lowest BCUT2D eigenvalue weighted by Crippen LogP contribution is -2.44. The minimum Gasteiger partial charge on any atom is -0.354 e. The summed E-state index contributed by atoms with van der Waals surface area (Å²) >= 11 is 7.51. The lowest BCUT2D eigenvalue weighted by Gasteiger charge is -2.32. The van der Waals surface area contributed by atoms with Crippen LogP contribution in [0.3, 0.4) is 0 Å². The van der Waals surface area contributed by atoms with Crippen LogP contribution in [-0.2, 0) is 16.4 Å². The average Bonchev–Trinajstić information content (AvgIpc) is 3.60. The van der Waals surface area contributed by atoms with Crippen LogP contribution in [0.2, 0.25) is 5.15 Å². The molecule has 0 spiro atoms. The maximum Gasteiger partial charge on any atom is 0.281 e. The number of imidazole rings is 1. The maximum absolute atomic E-state index is 13.2. The van der Waals surface area contributed by atoms with Crippen LogP contribution >= 0.6 is 22.9 Å². The molecule has 1 saturated heterocycles. The van der Waals surface area contributed by atoms with Crippen molar-refractivity contribution in [2.75, 3.05) is 56.4 Å². The summed E-state index contributed by atoms with van der Waals surface area (Å²) in [5.41, 5.74) is 5.89. The molecule has 1 unspecified atom stereocenters. The number of piperazine rings is 1. The molecule has 2 aliphatic rings. The van der Waals surface area contributed by atoms with Crippen LogP contribution in [0.15, 0.2) is 71.3 Å². The Balaban J connectivity index is 1.05. The molecule has 10 nitrogen and oxygen atoms in total. The third-order valence-corrected chi connectivity index (χ3v) is 10.9. The summed E-state index contributed by atoms with van der Waals surface area (Å²) in [4.78, 5) is 19.2. The Bertz CT molecular complexity index is 1900. The van der Waals surface area contributed by atoms with Gasteiger partial charge in [0.2, 0.25) is 5.95 Å². The number of nitrogens with zero attached hydrogens (tertiary/aromatic N) is 6. The molecule has 4 heterocycles. The fourth-order valence-electron chi connectivity index (χ4n) is 6.06. The van der Waals surface area contributed by atoms with E-state index in [1.807, 2.05) is 24.4 Å². The van der Waals surface area contributed by atoms with Crippen LogP contribution in [0.1, 0.15) is 29.0 Å². The molecule has 2 N–H and O–H groups in total. The first-order valence-electron chi connectivity index (χ1n) is 14.7. The number of halogens is 1. The van der Waals surface area contributed by atoms with Crippen LogP contribution in [0.4, 0.5) is 11.6 Å². The van der Waals surface area contributed by atoms with Crippen LogP contribution in [-0.4, -0.2) is 83.9 Å². The van der Waals surface area contributed by atoms with E-state index >= 15 is 0 Å². The number of fused-ring (bicyclic) bond motifs is 4. The minimum atomic E-state index is -3.95. The lowest BCUT2D eigenvalue weighted by atomic mass is 9.78. The Kier molecular flexibility index (Phi) is 8.02. The summed E-state index contributed by atoms with van der Waals surface area (Å²) in [6.45, 7) is 6.42. The second kappa shape index (κ2) is 12.1. The summed E-state index contributed by atoms with van der Waals surface area (Å²) in [6.07, 6.45) is 5.38. The third kappa shape index (κ3) is 5.80. The SMILES string of the molecule is CN1CCN(CCCNc2ncc3c(n2)-c2ccccc2C(c2ccc(NS(=O)(=O)c4c(Cl)nc5sccn45)cc2)C3)CC1. The Morgan fingerprint density at radius 2 is 1.84 bits per heavy atom. The Labute approximate surface area is 265 Å². The molecule has 7 rings (SSSR count). The van der Waals surface area contributed by atoms with Gasteiger partial charge in [0, 0.05) is 67.7 Å². The van der Waals surface area contributed by atoms with E-state index in [1.165, 1.54) is 21.3 Å². The van der Waals surface area contributed by atoms with Crippen molar-refractivity contribution in [3.63, 3.8) is 0 Å². The number of likely N-dealkylation sites (N-methyl/N-ethyl adjacent to an activating group) is 1. The second-order valence-corrected chi connectivity index (χ2v) is 14.2. The van der Waals surface area contributed by atoms with Gasteiger partial charge in [-0.2, -0.15) is 8.42 Å². The zero-order chi connectivity index (χ0) is 30.3. The molecule has 0 amide bonds. The zero-order valence-corrected chi connectivity index (χ0v) is 26.7. The summed E-state index contributed by atoms with van der Waals surface area (Å²) in [5.74, 6) is 0.745. The topological polar surface area (TPSA) is 108 Å². The van der Waals surface area contributed by atoms with Crippen molar-refractivity contribution in [3.8, 4) is 11.3 Å². The van der Waals surface area contributed by atoms with Gasteiger partial charge in [0.15, 0.2) is 15.1 Å². The molecular weight excluding hydrogens is 616 g/mol. The van der Waals surface area contributed by atoms with Gasteiger partial charge in [0.25, 0.3) is 10.0 Å². The average molecular weight is 649 g/mol. The highest BCUT2D eigenvalue weighted by Gasteiger charge is 2.28. The van der Waals surface area contributed by atoms with E-state index in [4.69, 9.17) is 16.6 Å². The summed E-state index contributed by atoms with van der Waals surface area (Å²) < 4.78 is 30.5. The molecule has 44 heavy (non-hydrogen) atoms. The molecule has 3 aromatic heterocycles. The number of hydrogen-bond acceptors (Lipinski definition) is 9. The summed E-state index contributed by atoms with van der Waals surface area (Å²) in [6, 6.07) is 15.9. The largest absolute Gasteiger partial charge is 0.354 e. The standard InChI is InChI=1S/C31H33ClN8O2S2/c1-38-13-15-39(16-14-38)12-4-11-33-30-34-20-22-19-26(24-5-2-3-6-25(24)27(22)35-30)21-7-9-23(10-8-21)37-44(41,42)29-28(32)36-31-40(29)17-18-43-31/h2-3,5-10,17-18,20,26,37H,4,11-16,19H2,1H3,(H,33,34,35). The lowest BCUT2D eigenvalue weighted by molar-refractivity contribution is 0.154. The molecule has 1 fully saturated rings. The minimum absolute atomic E-state index is 0.0512. The van der Waals surface area contributed by atoms with Crippen molar-refractivity contribution >= 4 is 49.6 Å². The van der Waals surface area contributed by atoms with Crippen molar-refractivity contribution in [1.29, 1.82) is 0 Å². The van der Waals surface area contributed by atoms with Gasteiger partial charge in [-0.15, -0.1) is 11.3 Å². The van der Waals surface area contributed by atoms with Crippen LogP contribution in [0.25, 0.3) is 16.2 Å². The number of hydrogen-bond donors (Lipinski definition) is 2. The highest BCUT2D eigenvalue weighted by molar-refractivity contribution is 7.92. The number of aromatic nitrogens is 4. The van der Waals surface area contributed by atoms with Crippen molar-refractivity contribution in [3.05, 3.63) is 88.1 Å². The van der Waals surface area contributed by atoms with Gasteiger partial charge >= 0.3 is 0 Å². The van der Waals surface area contributed by atoms with E-state index < -0.39 is 10.0 Å². The normalized spacial score (nSPS) is 17.4. The van der Waals surface area contributed by atoms with Crippen molar-refractivity contribution in [2.45, 2.75) is 23.8 Å². The predicted molar refractivity (Wildman–Crippen MR) is 175 cm³/mol. The number of benzene rings is 2. The summed E-state index contributed by atoms with van der Waals surface area (Å²) in [7, 11) is -1.77. The number of rotatable bonds is 9. The molecule has 0 saturated carbocycles. The first kappa shape index (κ1) is 29.2. The Morgan fingerprint density at radius 1 is 1.05 bits per heavy atom. The van der Waals surface area contributed by atoms with Gasteiger partial charge < -0.3 is 15.1 Å². The van der Waals surface area contributed by atoms with Gasteiger partial charge in [0.1, 0.15) is 0 Å². The number of thiazole rings is 1. The van der Waals surface area contributed by atoms with Crippen LogP contribution < -0.4 is 10.0 Å². The molecule has 0 radical (unpaired) electrons. The fourth-order valence-corrected chi connectivity index (χ4v) is 8.57. The van der Waals surface area contributed by atoms with E-state index in [9.17, 15) is 8.42 Å². The van der Waals surface area contributed by atoms with Gasteiger partial charge in [-0.3, -0.25) is 9.12 Å². The smallest absolute Gasteiger partial charge is 0.281 e. The number of nitrogens with one attached hydrogen (secondary N) is 2. The summed E-state index contributed by atoms with van der Waals surface area (Å²) in [5, 5.41) is 5.08. The molecule has 2 aromatic carbocycles. The van der Waals surface area contributed by atoms with Crippen LogP contribution in [0, 0.1) is 0 Å². The van der Waals surface area contributed by atoms with E-state index in [0.717, 1.165) is 74.5 Å². The Morgan fingerprint density at radius 3 is 2.66 bits per heavy atom. The molecule has 0 bridgehead atoms. The third-order valence-electron chi connectivity index (χ3n) is 8.41. The second-order valence-electron chi connectivity index (χ2n) is 11.3. The van der Waals surface area contributed by atoms with Crippen molar-refractivity contribution < 1.29 is 8.42 Å². The molecule has 228 valence electrons. The van der Waals surface area contributed by atoms with Gasteiger partial charge in [0.05, 0.1) is 5.69 Å². The van der Waals surface area contributed by atoms with E-state index in [0.29, 0.717) is 16.6 Å². The van der Waals surface area contributed by atoms with Crippen LogP contribution in [0.5, 0.6) is 0 Å². The predicted octanol–water partition coefficient (Wildman–Crippen LogP) is 5.04. The molecule has 13 heteroatoms. The fraction of sp³-hybridized carbons (Fsp3) is 0.323. The highest BCUT2D eigenvalue weighted by Crippen LogP contribution is 2.42. The number of sulfonamides is 1. The maximum atomic E-state index is 13.2. The molecule has 1 aliphatic carbocycles. The van der Waals surface area contributed by atoms with Gasteiger partial charge in [-0.1, -0.05) is 48.0 Å². The first-order chi connectivity index (χ1) is 21.4. The van der Waals surface area contributed by atoms with Crippen molar-refractivity contribution in [1.82, 2.24) is 29.2 Å². The highest BCUT2D eigenvalue weighted by atomic mass is 35.5. The Hall–Kier alpha value is -3.55. The van der Waals surface area contributed by atoms with Gasteiger partial charge in [-0.25, -0.2) is 15.0 Å². The molecular formula is C31H33ClN8O2S2. The van der Waals surface area contributed by atoms with E-state index in [-0.39, 0.29) is 16.1 Å². The first-order valence-corrected chi connectivity index (χ1v) is 17.4. The molecule has 5 aromatic rings. The molecule has 1 aliphatic heterocycles.